The zero-order chi connectivity index (χ0) is 14.1. The van der Waals surface area contributed by atoms with Gasteiger partial charge in [0.15, 0.2) is 0 Å². The van der Waals surface area contributed by atoms with Crippen molar-refractivity contribution in [3.05, 3.63) is 23.8 Å². The summed E-state index contributed by atoms with van der Waals surface area (Å²) >= 11 is 0. The van der Waals surface area contributed by atoms with Crippen LogP contribution in [0.2, 0.25) is 0 Å². The van der Waals surface area contributed by atoms with Gasteiger partial charge in [0.1, 0.15) is 16.5 Å². The Morgan fingerprint density at radius 1 is 1.22 bits per heavy atom. The molecule has 4 nitrogen and oxygen atoms in total. The molecule has 0 fully saturated rings. The molecule has 0 aromatic heterocycles. The number of nitrogen functional groups attached to an aromatic ring is 1. The highest BCUT2D eigenvalue weighted by molar-refractivity contribution is 7.89. The third-order valence-corrected chi connectivity index (χ3v) is 3.55. The van der Waals surface area contributed by atoms with Crippen LogP contribution in [0.1, 0.15) is 20.8 Å². The van der Waals surface area contributed by atoms with Crippen molar-refractivity contribution in [2.45, 2.75) is 25.7 Å². The molecule has 0 saturated heterocycles. The lowest BCUT2D eigenvalue weighted by molar-refractivity contribution is 0.407. The zero-order valence-electron chi connectivity index (χ0n) is 10.4. The lowest BCUT2D eigenvalue weighted by atomic mass is 9.98. The van der Waals surface area contributed by atoms with Crippen molar-refractivity contribution in [1.29, 1.82) is 0 Å². The molecule has 3 N–H and O–H groups in total. The Kier molecular flexibility index (Phi) is 3.97. The van der Waals surface area contributed by atoms with Gasteiger partial charge in [-0.25, -0.2) is 21.9 Å². The van der Waals surface area contributed by atoms with Crippen LogP contribution in [-0.4, -0.2) is 15.0 Å². The van der Waals surface area contributed by atoms with E-state index in [1.165, 1.54) is 0 Å². The molecule has 102 valence electrons. The fraction of sp³-hybridized carbons (Fsp3) is 0.455. The normalized spacial score (nSPS) is 12.7. The number of hydrogen-bond acceptors (Lipinski definition) is 3. The molecule has 0 bridgehead atoms. The summed E-state index contributed by atoms with van der Waals surface area (Å²) in [6, 6.07) is 1.23. The van der Waals surface area contributed by atoms with Crippen LogP contribution in [0, 0.1) is 17.0 Å². The minimum Gasteiger partial charge on any atom is -0.396 e. The van der Waals surface area contributed by atoms with Gasteiger partial charge < -0.3 is 5.73 Å². The van der Waals surface area contributed by atoms with E-state index in [0.29, 0.717) is 6.07 Å². The average Bonchev–Trinajstić information content (AvgIpc) is 2.19. The average molecular weight is 278 g/mol. The van der Waals surface area contributed by atoms with Crippen LogP contribution < -0.4 is 10.5 Å². The van der Waals surface area contributed by atoms with Crippen molar-refractivity contribution in [3.8, 4) is 0 Å². The van der Waals surface area contributed by atoms with Crippen molar-refractivity contribution in [2.75, 3.05) is 12.3 Å². The Hall–Kier alpha value is -1.21. The summed E-state index contributed by atoms with van der Waals surface area (Å²) in [6.07, 6.45) is 0. The standard InChI is InChI=1S/C11H16F2N2O2S/c1-11(2,3)6-15-18(16,17)10-5-9(14)7(12)4-8(10)13/h4-5,15H,6,14H2,1-3H3. The van der Waals surface area contributed by atoms with Crippen molar-refractivity contribution in [2.24, 2.45) is 5.41 Å². The summed E-state index contributed by atoms with van der Waals surface area (Å²) in [5.41, 5.74) is 4.53. The van der Waals surface area contributed by atoms with E-state index in [1.807, 2.05) is 20.8 Å². The smallest absolute Gasteiger partial charge is 0.243 e. The van der Waals surface area contributed by atoms with Gasteiger partial charge in [-0.2, -0.15) is 0 Å². The maximum atomic E-state index is 13.4. The van der Waals surface area contributed by atoms with Gasteiger partial charge in [0.2, 0.25) is 10.0 Å². The number of nitrogens with two attached hydrogens (primary N) is 1. The van der Waals surface area contributed by atoms with Gasteiger partial charge in [0.05, 0.1) is 5.69 Å². The van der Waals surface area contributed by atoms with Crippen LogP contribution in [-0.2, 0) is 10.0 Å². The summed E-state index contributed by atoms with van der Waals surface area (Å²) in [6.45, 7) is 5.60. The largest absolute Gasteiger partial charge is 0.396 e. The van der Waals surface area contributed by atoms with E-state index in [1.54, 1.807) is 0 Å². The van der Waals surface area contributed by atoms with E-state index in [9.17, 15) is 17.2 Å². The number of benzene rings is 1. The summed E-state index contributed by atoms with van der Waals surface area (Å²) < 4.78 is 52.3. The van der Waals surface area contributed by atoms with Gasteiger partial charge in [-0.05, 0) is 11.5 Å². The lowest BCUT2D eigenvalue weighted by Gasteiger charge is -2.19. The van der Waals surface area contributed by atoms with Gasteiger partial charge >= 0.3 is 0 Å². The first-order valence-electron chi connectivity index (χ1n) is 5.27. The summed E-state index contributed by atoms with van der Waals surface area (Å²) in [5, 5.41) is 0. The number of nitrogens with one attached hydrogen (secondary N) is 1. The molecule has 0 aliphatic carbocycles. The van der Waals surface area contributed by atoms with Crippen LogP contribution in [0.15, 0.2) is 17.0 Å². The molecular formula is C11H16F2N2O2S. The van der Waals surface area contributed by atoms with E-state index < -0.39 is 32.2 Å². The molecule has 0 amide bonds. The zero-order valence-corrected chi connectivity index (χ0v) is 11.2. The second-order valence-electron chi connectivity index (χ2n) is 5.19. The third kappa shape index (κ3) is 3.64. The second-order valence-corrected chi connectivity index (χ2v) is 6.92. The SMILES string of the molecule is CC(C)(C)CNS(=O)(=O)c1cc(N)c(F)cc1F. The second kappa shape index (κ2) is 4.81. The van der Waals surface area contributed by atoms with Crippen LogP contribution in [0.4, 0.5) is 14.5 Å². The minimum absolute atomic E-state index is 0.131. The molecule has 0 radical (unpaired) electrons. The molecule has 1 aromatic carbocycles. The van der Waals surface area contributed by atoms with Crippen LogP contribution in [0.3, 0.4) is 0 Å². The molecule has 0 atom stereocenters. The van der Waals surface area contributed by atoms with Crippen LogP contribution in [0.25, 0.3) is 0 Å². The van der Waals surface area contributed by atoms with Gasteiger partial charge in [-0.1, -0.05) is 20.8 Å². The van der Waals surface area contributed by atoms with Gasteiger partial charge in [-0.3, -0.25) is 0 Å². The predicted molar refractivity (Wildman–Crippen MR) is 65.4 cm³/mol. The Labute approximate surface area is 105 Å². The molecule has 0 heterocycles. The third-order valence-electron chi connectivity index (χ3n) is 2.13. The van der Waals surface area contributed by atoms with E-state index in [-0.39, 0.29) is 12.0 Å². The molecule has 0 aliphatic heterocycles. The molecule has 0 spiro atoms. The lowest BCUT2D eigenvalue weighted by Crippen LogP contribution is -2.32. The molecule has 7 heteroatoms. The Morgan fingerprint density at radius 3 is 2.28 bits per heavy atom. The van der Waals surface area contributed by atoms with Gasteiger partial charge in [0.25, 0.3) is 0 Å². The minimum atomic E-state index is -4.04. The fourth-order valence-corrected chi connectivity index (χ4v) is 2.52. The number of halogens is 2. The molecule has 0 aliphatic rings. The topological polar surface area (TPSA) is 72.2 Å². The fourth-order valence-electron chi connectivity index (χ4n) is 1.14. The predicted octanol–water partition coefficient (Wildman–Crippen LogP) is 1.87. The Morgan fingerprint density at radius 2 is 1.78 bits per heavy atom. The van der Waals surface area contributed by atoms with Crippen molar-refractivity contribution in [3.63, 3.8) is 0 Å². The van der Waals surface area contributed by atoms with Gasteiger partial charge in [0, 0.05) is 12.6 Å². The molecular weight excluding hydrogens is 262 g/mol. The van der Waals surface area contributed by atoms with Crippen LogP contribution >= 0.6 is 0 Å². The molecule has 18 heavy (non-hydrogen) atoms. The highest BCUT2D eigenvalue weighted by Crippen LogP contribution is 2.21. The molecule has 0 saturated carbocycles. The van der Waals surface area contributed by atoms with Gasteiger partial charge in [-0.15, -0.1) is 0 Å². The number of hydrogen-bond donors (Lipinski definition) is 2. The van der Waals surface area contributed by atoms with Crippen molar-refractivity contribution < 1.29 is 17.2 Å². The van der Waals surface area contributed by atoms with E-state index in [4.69, 9.17) is 5.73 Å². The maximum absolute atomic E-state index is 13.4. The molecule has 1 rings (SSSR count). The van der Waals surface area contributed by atoms with E-state index >= 15 is 0 Å². The monoisotopic (exact) mass is 278 g/mol. The van der Waals surface area contributed by atoms with E-state index in [0.717, 1.165) is 6.07 Å². The summed E-state index contributed by atoms with van der Waals surface area (Å²) in [4.78, 5) is -0.648. The maximum Gasteiger partial charge on any atom is 0.243 e. The van der Waals surface area contributed by atoms with Crippen molar-refractivity contribution >= 4 is 15.7 Å². The first kappa shape index (κ1) is 14.8. The number of rotatable bonds is 3. The Balaban J connectivity index is 3.10. The first-order valence-corrected chi connectivity index (χ1v) is 6.75. The highest BCUT2D eigenvalue weighted by Gasteiger charge is 2.23. The summed E-state index contributed by atoms with van der Waals surface area (Å²) in [7, 11) is -4.04. The molecule has 1 aromatic rings. The van der Waals surface area contributed by atoms with E-state index in [2.05, 4.69) is 4.72 Å². The summed E-state index contributed by atoms with van der Waals surface area (Å²) in [5.74, 6) is -2.15. The number of anilines is 1. The highest BCUT2D eigenvalue weighted by atomic mass is 32.2. The van der Waals surface area contributed by atoms with Crippen LogP contribution in [0.5, 0.6) is 0 Å². The van der Waals surface area contributed by atoms with Crippen molar-refractivity contribution in [1.82, 2.24) is 4.72 Å². The quantitative estimate of drug-likeness (QED) is 0.829. The first-order chi connectivity index (χ1) is 8.03. The molecule has 0 unspecified atom stereocenters. The Bertz CT molecular complexity index is 551. The number of sulfonamides is 1.